The van der Waals surface area contributed by atoms with Gasteiger partial charge in [-0.2, -0.15) is 0 Å². The van der Waals surface area contributed by atoms with Crippen molar-refractivity contribution in [3.05, 3.63) is 35.4 Å². The maximum Gasteiger partial charge on any atom is 0.252 e. The van der Waals surface area contributed by atoms with E-state index < -0.39 is 0 Å². The van der Waals surface area contributed by atoms with Crippen LogP contribution in [0.5, 0.6) is 0 Å². The summed E-state index contributed by atoms with van der Waals surface area (Å²) in [6.07, 6.45) is 5.16. The summed E-state index contributed by atoms with van der Waals surface area (Å²) in [4.78, 5) is 11.7. The number of hydrogen-bond acceptors (Lipinski definition) is 1. The van der Waals surface area contributed by atoms with Crippen LogP contribution in [0.4, 0.5) is 0 Å². The van der Waals surface area contributed by atoms with E-state index in [9.17, 15) is 4.79 Å². The summed E-state index contributed by atoms with van der Waals surface area (Å²) in [6.45, 7) is 0. The lowest BCUT2D eigenvalue weighted by Crippen LogP contribution is -2.24. The summed E-state index contributed by atoms with van der Waals surface area (Å²) >= 11 is 0. The predicted octanol–water partition coefficient (Wildman–Crippen LogP) is 2.66. The summed E-state index contributed by atoms with van der Waals surface area (Å²) in [5.41, 5.74) is 2.10. The Balaban J connectivity index is 1.97. The van der Waals surface area contributed by atoms with Crippen molar-refractivity contribution in [3.63, 3.8) is 0 Å². The quantitative estimate of drug-likeness (QED) is 0.743. The molecule has 1 saturated carbocycles. The van der Waals surface area contributed by atoms with E-state index in [-0.39, 0.29) is 11.9 Å². The number of carbonyl (C=O) groups is 1. The standard InChI is InChI=1S/C13H15NO/c15-13-11-8-4-3-7-10(11)12(14-13)9-5-1-2-6-9/h3-4,7-9,12H,1-2,5-6H2,(H,14,15). The maximum atomic E-state index is 11.7. The van der Waals surface area contributed by atoms with Crippen molar-refractivity contribution in [2.45, 2.75) is 31.7 Å². The monoisotopic (exact) mass is 201 g/mol. The van der Waals surface area contributed by atoms with Crippen molar-refractivity contribution in [2.75, 3.05) is 0 Å². The van der Waals surface area contributed by atoms with E-state index in [2.05, 4.69) is 11.4 Å². The Morgan fingerprint density at radius 1 is 1.13 bits per heavy atom. The highest BCUT2D eigenvalue weighted by Gasteiger charge is 2.34. The number of amides is 1. The van der Waals surface area contributed by atoms with Crippen molar-refractivity contribution in [3.8, 4) is 0 Å². The van der Waals surface area contributed by atoms with Gasteiger partial charge < -0.3 is 5.32 Å². The third-order valence-electron chi connectivity index (χ3n) is 3.70. The number of hydrogen-bond donors (Lipinski definition) is 1. The molecule has 0 bridgehead atoms. The average Bonchev–Trinajstić information content (AvgIpc) is 2.87. The van der Waals surface area contributed by atoms with Gasteiger partial charge in [-0.3, -0.25) is 4.79 Å². The number of rotatable bonds is 1. The minimum absolute atomic E-state index is 0.113. The zero-order chi connectivity index (χ0) is 10.3. The van der Waals surface area contributed by atoms with Crippen LogP contribution in [0.25, 0.3) is 0 Å². The second kappa shape index (κ2) is 3.37. The first-order valence-corrected chi connectivity index (χ1v) is 5.76. The zero-order valence-electron chi connectivity index (χ0n) is 8.70. The summed E-state index contributed by atoms with van der Waals surface area (Å²) < 4.78 is 0. The second-order valence-electron chi connectivity index (χ2n) is 4.58. The molecule has 2 heteroatoms. The van der Waals surface area contributed by atoms with Crippen LogP contribution in [0.1, 0.15) is 47.6 Å². The van der Waals surface area contributed by atoms with Crippen molar-refractivity contribution >= 4 is 5.91 Å². The van der Waals surface area contributed by atoms with E-state index >= 15 is 0 Å². The van der Waals surface area contributed by atoms with Crippen LogP contribution in [0, 0.1) is 5.92 Å². The number of benzene rings is 1. The fourth-order valence-corrected chi connectivity index (χ4v) is 2.93. The van der Waals surface area contributed by atoms with Gasteiger partial charge in [0.05, 0.1) is 6.04 Å². The molecule has 1 aromatic rings. The molecule has 1 unspecified atom stereocenters. The Morgan fingerprint density at radius 3 is 2.67 bits per heavy atom. The van der Waals surface area contributed by atoms with Gasteiger partial charge in [0, 0.05) is 5.56 Å². The maximum absolute atomic E-state index is 11.7. The first-order valence-electron chi connectivity index (χ1n) is 5.76. The molecule has 78 valence electrons. The van der Waals surface area contributed by atoms with Gasteiger partial charge in [-0.05, 0) is 30.4 Å². The van der Waals surface area contributed by atoms with Crippen LogP contribution in [-0.2, 0) is 0 Å². The lowest BCUT2D eigenvalue weighted by atomic mass is 9.92. The van der Waals surface area contributed by atoms with E-state index in [1.807, 2.05) is 18.2 Å². The second-order valence-corrected chi connectivity index (χ2v) is 4.58. The summed E-state index contributed by atoms with van der Waals surface area (Å²) in [6, 6.07) is 8.28. The molecule has 0 aromatic heterocycles. The van der Waals surface area contributed by atoms with Gasteiger partial charge in [0.2, 0.25) is 0 Å². The number of carbonyl (C=O) groups excluding carboxylic acids is 1. The molecule has 1 aliphatic carbocycles. The van der Waals surface area contributed by atoms with Crippen LogP contribution in [0.15, 0.2) is 24.3 Å². The first kappa shape index (κ1) is 8.96. The molecule has 1 fully saturated rings. The van der Waals surface area contributed by atoms with Gasteiger partial charge in [-0.1, -0.05) is 31.0 Å². The highest BCUT2D eigenvalue weighted by atomic mass is 16.2. The molecule has 3 rings (SSSR count). The Morgan fingerprint density at radius 2 is 1.87 bits per heavy atom. The molecule has 0 spiro atoms. The van der Waals surface area contributed by atoms with Gasteiger partial charge in [0.15, 0.2) is 0 Å². The highest BCUT2D eigenvalue weighted by Crippen LogP contribution is 2.39. The lowest BCUT2D eigenvalue weighted by molar-refractivity contribution is 0.0946. The fraction of sp³-hybridized carbons (Fsp3) is 0.462. The summed E-state index contributed by atoms with van der Waals surface area (Å²) in [5, 5.41) is 3.12. The van der Waals surface area contributed by atoms with Gasteiger partial charge in [0.25, 0.3) is 5.91 Å². The molecule has 0 radical (unpaired) electrons. The molecule has 2 nitrogen and oxygen atoms in total. The number of fused-ring (bicyclic) bond motifs is 1. The molecule has 1 N–H and O–H groups in total. The highest BCUT2D eigenvalue weighted by molar-refractivity contribution is 5.99. The van der Waals surface area contributed by atoms with Gasteiger partial charge >= 0.3 is 0 Å². The van der Waals surface area contributed by atoms with Gasteiger partial charge in [0.1, 0.15) is 0 Å². The van der Waals surface area contributed by atoms with Crippen molar-refractivity contribution in [1.82, 2.24) is 5.32 Å². The van der Waals surface area contributed by atoms with E-state index in [4.69, 9.17) is 0 Å². The Kier molecular flexibility index (Phi) is 2.01. The van der Waals surface area contributed by atoms with Crippen LogP contribution < -0.4 is 5.32 Å². The van der Waals surface area contributed by atoms with E-state index in [0.29, 0.717) is 5.92 Å². The molecule has 2 aliphatic rings. The fourth-order valence-electron chi connectivity index (χ4n) is 2.93. The molecule has 1 atom stereocenters. The van der Waals surface area contributed by atoms with Crippen molar-refractivity contribution in [2.24, 2.45) is 5.92 Å². The predicted molar refractivity (Wildman–Crippen MR) is 58.6 cm³/mol. The minimum Gasteiger partial charge on any atom is -0.345 e. The third kappa shape index (κ3) is 1.36. The molecular weight excluding hydrogens is 186 g/mol. The molecule has 1 aromatic carbocycles. The van der Waals surface area contributed by atoms with Crippen molar-refractivity contribution < 1.29 is 4.79 Å². The Bertz CT molecular complexity index is 393. The van der Waals surface area contributed by atoms with E-state index in [0.717, 1.165) is 5.56 Å². The Labute approximate surface area is 89.7 Å². The van der Waals surface area contributed by atoms with Crippen LogP contribution in [0.2, 0.25) is 0 Å². The normalized spacial score (nSPS) is 25.3. The molecular formula is C13H15NO. The largest absolute Gasteiger partial charge is 0.345 e. The molecule has 15 heavy (non-hydrogen) atoms. The molecule has 1 heterocycles. The van der Waals surface area contributed by atoms with E-state index in [1.165, 1.54) is 31.2 Å². The van der Waals surface area contributed by atoms with Crippen LogP contribution in [0.3, 0.4) is 0 Å². The topological polar surface area (TPSA) is 29.1 Å². The number of nitrogens with one attached hydrogen (secondary N) is 1. The first-order chi connectivity index (χ1) is 7.36. The Hall–Kier alpha value is -1.31. The lowest BCUT2D eigenvalue weighted by Gasteiger charge is -2.18. The van der Waals surface area contributed by atoms with Crippen LogP contribution >= 0.6 is 0 Å². The van der Waals surface area contributed by atoms with E-state index in [1.54, 1.807) is 0 Å². The SMILES string of the molecule is O=C1NC(C2CCCC2)c2ccccc21. The third-order valence-corrected chi connectivity index (χ3v) is 3.70. The zero-order valence-corrected chi connectivity index (χ0v) is 8.70. The smallest absolute Gasteiger partial charge is 0.252 e. The summed E-state index contributed by atoms with van der Waals surface area (Å²) in [5.74, 6) is 0.778. The average molecular weight is 201 g/mol. The van der Waals surface area contributed by atoms with Gasteiger partial charge in [-0.15, -0.1) is 0 Å². The molecule has 1 amide bonds. The van der Waals surface area contributed by atoms with Gasteiger partial charge in [-0.25, -0.2) is 0 Å². The summed E-state index contributed by atoms with van der Waals surface area (Å²) in [7, 11) is 0. The molecule has 0 saturated heterocycles. The minimum atomic E-state index is 0.113. The van der Waals surface area contributed by atoms with Crippen molar-refractivity contribution in [1.29, 1.82) is 0 Å². The van der Waals surface area contributed by atoms with Crippen LogP contribution in [-0.4, -0.2) is 5.91 Å². The molecule has 1 aliphatic heterocycles.